The van der Waals surface area contributed by atoms with E-state index in [2.05, 4.69) is 19.2 Å². The van der Waals surface area contributed by atoms with Crippen LogP contribution in [0.2, 0.25) is 0 Å². The van der Waals surface area contributed by atoms with Crippen molar-refractivity contribution in [1.29, 1.82) is 0 Å². The van der Waals surface area contributed by atoms with Gasteiger partial charge in [0.2, 0.25) is 0 Å². The van der Waals surface area contributed by atoms with E-state index in [1.54, 1.807) is 4.57 Å². The summed E-state index contributed by atoms with van der Waals surface area (Å²) in [5.74, 6) is 0.553. The molecular weight excluding hydrogens is 260 g/mol. The zero-order valence-electron chi connectivity index (χ0n) is 11.3. The lowest BCUT2D eigenvalue weighted by Gasteiger charge is -2.14. The number of benzene rings is 1. The molecule has 1 aromatic heterocycles. The van der Waals surface area contributed by atoms with Gasteiger partial charge in [-0.25, -0.2) is 0 Å². The average Bonchev–Trinajstić information content (AvgIpc) is 2.66. The molecule has 0 amide bonds. The van der Waals surface area contributed by atoms with E-state index in [4.69, 9.17) is 0 Å². The summed E-state index contributed by atoms with van der Waals surface area (Å²) in [6.45, 7) is 5.96. The number of hydrogen-bond donors (Lipinski definition) is 2. The summed E-state index contributed by atoms with van der Waals surface area (Å²) in [7, 11) is 0. The molecule has 0 spiro atoms. The third-order valence-corrected chi connectivity index (χ3v) is 3.86. The number of thiazole rings is 1. The highest BCUT2D eigenvalue weighted by Crippen LogP contribution is 2.16. The highest BCUT2D eigenvalue weighted by atomic mass is 32.1. The third-order valence-electron chi connectivity index (χ3n) is 2.90. The van der Waals surface area contributed by atoms with Gasteiger partial charge in [0.25, 0.3) is 0 Å². The van der Waals surface area contributed by atoms with Crippen LogP contribution in [0.4, 0.5) is 0 Å². The maximum absolute atomic E-state index is 11.9. The largest absolute Gasteiger partial charge is 0.390 e. The molecule has 2 N–H and O–H groups in total. The first-order chi connectivity index (χ1) is 9.08. The fourth-order valence-corrected chi connectivity index (χ4v) is 2.90. The van der Waals surface area contributed by atoms with E-state index in [0.29, 0.717) is 19.0 Å². The Morgan fingerprint density at radius 3 is 2.79 bits per heavy atom. The van der Waals surface area contributed by atoms with E-state index < -0.39 is 6.10 Å². The van der Waals surface area contributed by atoms with Gasteiger partial charge in [0.05, 0.1) is 22.9 Å². The molecule has 19 heavy (non-hydrogen) atoms. The van der Waals surface area contributed by atoms with Crippen molar-refractivity contribution in [2.45, 2.75) is 26.5 Å². The molecule has 2 rings (SSSR count). The van der Waals surface area contributed by atoms with Gasteiger partial charge in [0.1, 0.15) is 0 Å². The molecular formula is C14H20N2O2S. The Hall–Kier alpha value is -1.17. The van der Waals surface area contributed by atoms with Crippen molar-refractivity contribution >= 4 is 21.6 Å². The summed E-state index contributed by atoms with van der Waals surface area (Å²) in [6, 6.07) is 7.68. The van der Waals surface area contributed by atoms with Gasteiger partial charge in [-0.05, 0) is 24.6 Å². The number of aromatic nitrogens is 1. The monoisotopic (exact) mass is 280 g/mol. The standard InChI is InChI=1S/C14H20N2O2S/c1-10(2)7-15-8-11(17)9-16-12-5-3-4-6-13(12)19-14(16)18/h3-6,10-11,15,17H,7-9H2,1-2H3. The van der Waals surface area contributed by atoms with Crippen molar-refractivity contribution in [3.8, 4) is 0 Å². The van der Waals surface area contributed by atoms with Gasteiger partial charge in [0, 0.05) is 6.54 Å². The molecule has 0 saturated heterocycles. The van der Waals surface area contributed by atoms with Gasteiger partial charge in [-0.2, -0.15) is 0 Å². The van der Waals surface area contributed by atoms with E-state index in [-0.39, 0.29) is 4.87 Å². The average molecular weight is 280 g/mol. The van der Waals surface area contributed by atoms with Gasteiger partial charge >= 0.3 is 4.87 Å². The number of fused-ring (bicyclic) bond motifs is 1. The summed E-state index contributed by atoms with van der Waals surface area (Å²) in [6.07, 6.45) is -0.547. The molecule has 1 unspecified atom stereocenters. The van der Waals surface area contributed by atoms with Crippen LogP contribution in [0.1, 0.15) is 13.8 Å². The molecule has 0 aliphatic heterocycles. The van der Waals surface area contributed by atoms with Gasteiger partial charge in [0.15, 0.2) is 0 Å². The Morgan fingerprint density at radius 2 is 2.05 bits per heavy atom. The smallest absolute Gasteiger partial charge is 0.308 e. The molecule has 5 heteroatoms. The topological polar surface area (TPSA) is 54.3 Å². The molecule has 104 valence electrons. The van der Waals surface area contributed by atoms with Crippen LogP contribution in [0.3, 0.4) is 0 Å². The maximum Gasteiger partial charge on any atom is 0.308 e. The Morgan fingerprint density at radius 1 is 1.32 bits per heavy atom. The molecule has 0 bridgehead atoms. The highest BCUT2D eigenvalue weighted by molar-refractivity contribution is 7.16. The molecule has 0 aliphatic rings. The molecule has 4 nitrogen and oxygen atoms in total. The molecule has 0 saturated carbocycles. The third kappa shape index (κ3) is 3.65. The lowest BCUT2D eigenvalue weighted by Crippen LogP contribution is -2.34. The molecule has 0 radical (unpaired) electrons. The number of rotatable bonds is 6. The zero-order chi connectivity index (χ0) is 13.8. The SMILES string of the molecule is CC(C)CNCC(O)Cn1c(=O)sc2ccccc21. The first-order valence-corrected chi connectivity index (χ1v) is 7.36. The Balaban J connectivity index is 2.04. The normalized spacial score (nSPS) is 13.3. The molecule has 1 aromatic carbocycles. The number of nitrogens with one attached hydrogen (secondary N) is 1. The number of aliphatic hydroxyl groups excluding tert-OH is 1. The summed E-state index contributed by atoms with van der Waals surface area (Å²) in [5.41, 5.74) is 0.903. The van der Waals surface area contributed by atoms with Crippen molar-refractivity contribution in [1.82, 2.24) is 9.88 Å². The van der Waals surface area contributed by atoms with Gasteiger partial charge in [-0.3, -0.25) is 9.36 Å². The van der Waals surface area contributed by atoms with Gasteiger partial charge in [-0.1, -0.05) is 37.3 Å². The van der Waals surface area contributed by atoms with E-state index >= 15 is 0 Å². The van der Waals surface area contributed by atoms with Crippen LogP contribution in [-0.4, -0.2) is 28.9 Å². The van der Waals surface area contributed by atoms with E-state index in [0.717, 1.165) is 16.8 Å². The van der Waals surface area contributed by atoms with Crippen molar-refractivity contribution in [3.63, 3.8) is 0 Å². The van der Waals surface area contributed by atoms with Crippen molar-refractivity contribution in [2.24, 2.45) is 5.92 Å². The minimum absolute atomic E-state index is 0.0101. The zero-order valence-corrected chi connectivity index (χ0v) is 12.1. The molecule has 1 heterocycles. The summed E-state index contributed by atoms with van der Waals surface area (Å²) in [5, 5.41) is 13.2. The summed E-state index contributed by atoms with van der Waals surface area (Å²) < 4.78 is 2.62. The number of hydrogen-bond acceptors (Lipinski definition) is 4. The number of para-hydroxylation sites is 1. The van der Waals surface area contributed by atoms with Crippen LogP contribution in [0.15, 0.2) is 29.1 Å². The van der Waals surface area contributed by atoms with Crippen LogP contribution in [0.25, 0.3) is 10.2 Å². The first kappa shape index (κ1) is 14.2. The number of nitrogens with zero attached hydrogens (tertiary/aromatic N) is 1. The highest BCUT2D eigenvalue weighted by Gasteiger charge is 2.11. The summed E-state index contributed by atoms with van der Waals surface area (Å²) in [4.78, 5) is 11.9. The summed E-state index contributed by atoms with van der Waals surface area (Å²) >= 11 is 1.23. The molecule has 2 aromatic rings. The van der Waals surface area contributed by atoms with Crippen molar-refractivity contribution < 1.29 is 5.11 Å². The second-order valence-corrected chi connectivity index (χ2v) is 6.15. The second-order valence-electron chi connectivity index (χ2n) is 5.15. The van der Waals surface area contributed by atoms with Crippen LogP contribution >= 0.6 is 11.3 Å². The second kappa shape index (κ2) is 6.32. The number of aliphatic hydroxyl groups is 1. The lowest BCUT2D eigenvalue weighted by molar-refractivity contribution is 0.151. The molecule has 1 atom stereocenters. The Kier molecular flexibility index (Phi) is 4.74. The van der Waals surface area contributed by atoms with Crippen LogP contribution in [0.5, 0.6) is 0 Å². The van der Waals surface area contributed by atoms with Gasteiger partial charge < -0.3 is 10.4 Å². The fourth-order valence-electron chi connectivity index (χ4n) is 2.00. The maximum atomic E-state index is 11.9. The van der Waals surface area contributed by atoms with E-state index in [9.17, 15) is 9.90 Å². The van der Waals surface area contributed by atoms with E-state index in [1.807, 2.05) is 24.3 Å². The van der Waals surface area contributed by atoms with Crippen LogP contribution in [0, 0.1) is 5.92 Å². The van der Waals surface area contributed by atoms with Crippen molar-refractivity contribution in [3.05, 3.63) is 33.9 Å². The Labute approximate surface area is 116 Å². The predicted molar refractivity (Wildman–Crippen MR) is 79.8 cm³/mol. The molecule has 0 aliphatic carbocycles. The molecule has 0 fully saturated rings. The minimum atomic E-state index is -0.547. The fraction of sp³-hybridized carbons (Fsp3) is 0.500. The Bertz CT molecular complexity index is 588. The lowest BCUT2D eigenvalue weighted by atomic mass is 10.2. The quantitative estimate of drug-likeness (QED) is 0.846. The van der Waals surface area contributed by atoms with Gasteiger partial charge in [-0.15, -0.1) is 0 Å². The predicted octanol–water partition coefficient (Wildman–Crippen LogP) is 1.67. The van der Waals surface area contributed by atoms with E-state index in [1.165, 1.54) is 11.3 Å². The van der Waals surface area contributed by atoms with Crippen LogP contribution in [-0.2, 0) is 6.54 Å². The first-order valence-electron chi connectivity index (χ1n) is 6.55. The van der Waals surface area contributed by atoms with Crippen LogP contribution < -0.4 is 10.2 Å². The minimum Gasteiger partial charge on any atom is -0.390 e. The van der Waals surface area contributed by atoms with Crippen molar-refractivity contribution in [2.75, 3.05) is 13.1 Å².